The number of amides is 1. The maximum Gasteiger partial charge on any atom is 0.258 e. The fraction of sp³-hybridized carbons (Fsp3) is 0.333. The first-order chi connectivity index (χ1) is 8.31. The van der Waals surface area contributed by atoms with Crippen molar-refractivity contribution in [3.05, 3.63) is 22.2 Å². The monoisotopic (exact) mass is 271 g/mol. The van der Waals surface area contributed by atoms with Crippen molar-refractivity contribution in [3.63, 3.8) is 0 Å². The Morgan fingerprint density at radius 1 is 1.44 bits per heavy atom. The van der Waals surface area contributed by atoms with Crippen LogP contribution in [-0.2, 0) is 0 Å². The van der Waals surface area contributed by atoms with E-state index in [1.54, 1.807) is 13.8 Å². The summed E-state index contributed by atoms with van der Waals surface area (Å²) in [6.45, 7) is 3.56. The molecule has 0 radical (unpaired) electrons. The molecule has 0 atom stereocenters. The Balaban J connectivity index is 3.48. The highest BCUT2D eigenvalue weighted by Crippen LogP contribution is 2.36. The van der Waals surface area contributed by atoms with Gasteiger partial charge in [0.05, 0.1) is 10.6 Å². The van der Waals surface area contributed by atoms with Crippen LogP contribution in [0.4, 0.5) is 0 Å². The Labute approximate surface area is 110 Å². The summed E-state index contributed by atoms with van der Waals surface area (Å²) in [5, 5.41) is 19.1. The van der Waals surface area contributed by atoms with Crippen LogP contribution in [0.1, 0.15) is 34.6 Å². The maximum absolute atomic E-state index is 12.1. The van der Waals surface area contributed by atoms with E-state index >= 15 is 0 Å². The Bertz CT molecular complexity index is 499. The average Bonchev–Trinajstić information content (AvgIpc) is 2.31. The molecule has 1 rings (SSSR count). The van der Waals surface area contributed by atoms with Crippen LogP contribution in [0.2, 0.25) is 5.02 Å². The molecule has 18 heavy (non-hydrogen) atoms. The number of carbonyl (C=O) groups excluding carboxylic acids is 2. The molecule has 0 saturated heterocycles. The Hall–Kier alpha value is -1.75. The first kappa shape index (κ1) is 14.3. The second-order valence-electron chi connectivity index (χ2n) is 4.14. The third kappa shape index (κ3) is 2.41. The van der Waals surface area contributed by atoms with Crippen molar-refractivity contribution in [1.82, 2.24) is 4.90 Å². The molecule has 1 aromatic rings. The highest BCUT2D eigenvalue weighted by Gasteiger charge is 2.25. The molecule has 0 aliphatic heterocycles. The molecule has 1 aromatic carbocycles. The number of phenolic OH excluding ortho intramolecular Hbond substituents is 2. The number of benzene rings is 1. The zero-order valence-electron chi connectivity index (χ0n) is 10.3. The number of carbonyl (C=O) groups is 2. The van der Waals surface area contributed by atoms with Gasteiger partial charge in [-0.25, -0.2) is 0 Å². The van der Waals surface area contributed by atoms with E-state index in [4.69, 9.17) is 11.6 Å². The highest BCUT2D eigenvalue weighted by atomic mass is 35.5. The van der Waals surface area contributed by atoms with Crippen molar-refractivity contribution in [3.8, 4) is 11.5 Å². The van der Waals surface area contributed by atoms with Crippen LogP contribution in [0.5, 0.6) is 11.5 Å². The Morgan fingerprint density at radius 3 is 2.44 bits per heavy atom. The topological polar surface area (TPSA) is 77.8 Å². The molecule has 0 saturated carbocycles. The van der Waals surface area contributed by atoms with Gasteiger partial charge in [0.15, 0.2) is 17.8 Å². The largest absolute Gasteiger partial charge is 0.504 e. The first-order valence-corrected chi connectivity index (χ1v) is 5.65. The van der Waals surface area contributed by atoms with Gasteiger partial charge in [-0.2, -0.15) is 0 Å². The van der Waals surface area contributed by atoms with Crippen molar-refractivity contribution in [2.75, 3.05) is 7.05 Å². The maximum atomic E-state index is 12.1. The molecule has 6 heteroatoms. The van der Waals surface area contributed by atoms with Gasteiger partial charge >= 0.3 is 0 Å². The van der Waals surface area contributed by atoms with Crippen molar-refractivity contribution in [1.29, 1.82) is 0 Å². The number of hydrogen-bond donors (Lipinski definition) is 2. The SMILES string of the molecule is CC(C)N(C)C(=O)c1c(O)c(O)cc(Cl)c1C=O. The Morgan fingerprint density at radius 2 is 2.00 bits per heavy atom. The third-order valence-corrected chi connectivity index (χ3v) is 3.01. The summed E-state index contributed by atoms with van der Waals surface area (Å²) in [5.74, 6) is -1.76. The second-order valence-corrected chi connectivity index (χ2v) is 4.55. The van der Waals surface area contributed by atoms with Gasteiger partial charge in [0.25, 0.3) is 5.91 Å². The molecule has 0 fully saturated rings. The first-order valence-electron chi connectivity index (χ1n) is 5.28. The lowest BCUT2D eigenvalue weighted by Gasteiger charge is -2.23. The average molecular weight is 272 g/mol. The van der Waals surface area contributed by atoms with Crippen molar-refractivity contribution in [2.45, 2.75) is 19.9 Å². The summed E-state index contributed by atoms with van der Waals surface area (Å²) in [6.07, 6.45) is 0.378. The lowest BCUT2D eigenvalue weighted by atomic mass is 10.0. The molecular formula is C12H14ClNO4. The van der Waals surface area contributed by atoms with Gasteiger partial charge in [-0.15, -0.1) is 0 Å². The van der Waals surface area contributed by atoms with Crippen molar-refractivity contribution in [2.24, 2.45) is 0 Å². The number of aldehydes is 1. The molecule has 98 valence electrons. The van der Waals surface area contributed by atoms with Crippen LogP contribution < -0.4 is 0 Å². The smallest absolute Gasteiger partial charge is 0.258 e. The number of phenols is 2. The van der Waals surface area contributed by atoms with E-state index in [1.165, 1.54) is 11.9 Å². The van der Waals surface area contributed by atoms with Crippen LogP contribution in [0.3, 0.4) is 0 Å². The fourth-order valence-electron chi connectivity index (χ4n) is 1.38. The molecule has 0 aliphatic carbocycles. The minimum atomic E-state index is -0.640. The van der Waals surface area contributed by atoms with Gasteiger partial charge in [0.1, 0.15) is 0 Å². The number of halogens is 1. The molecule has 1 amide bonds. The molecule has 5 nitrogen and oxygen atoms in total. The van der Waals surface area contributed by atoms with Crippen molar-refractivity contribution >= 4 is 23.8 Å². The summed E-state index contributed by atoms with van der Waals surface area (Å²) in [4.78, 5) is 24.4. The minimum Gasteiger partial charge on any atom is -0.504 e. The molecular weight excluding hydrogens is 258 g/mol. The lowest BCUT2D eigenvalue weighted by Crippen LogP contribution is -2.33. The summed E-state index contributed by atoms with van der Waals surface area (Å²) >= 11 is 5.76. The number of hydrogen-bond acceptors (Lipinski definition) is 4. The second kappa shape index (κ2) is 5.27. The van der Waals surface area contributed by atoms with Gasteiger partial charge in [0, 0.05) is 24.7 Å². The van der Waals surface area contributed by atoms with E-state index < -0.39 is 17.4 Å². The summed E-state index contributed by atoms with van der Waals surface area (Å²) < 4.78 is 0. The van der Waals surface area contributed by atoms with E-state index in [0.717, 1.165) is 6.07 Å². The third-order valence-electron chi connectivity index (χ3n) is 2.70. The summed E-state index contributed by atoms with van der Waals surface area (Å²) in [5.41, 5.74) is -0.421. The van der Waals surface area contributed by atoms with Crippen LogP contribution in [0, 0.1) is 0 Å². The van der Waals surface area contributed by atoms with Gasteiger partial charge < -0.3 is 15.1 Å². The highest BCUT2D eigenvalue weighted by molar-refractivity contribution is 6.34. The zero-order valence-corrected chi connectivity index (χ0v) is 11.0. The molecule has 0 aromatic heterocycles. The van der Waals surface area contributed by atoms with Crippen LogP contribution in [0.25, 0.3) is 0 Å². The zero-order chi connectivity index (χ0) is 14.0. The number of nitrogens with zero attached hydrogens (tertiary/aromatic N) is 1. The molecule has 0 unspecified atom stereocenters. The molecule has 0 bridgehead atoms. The predicted molar refractivity (Wildman–Crippen MR) is 67.4 cm³/mol. The molecule has 0 heterocycles. The van der Waals surface area contributed by atoms with Crippen LogP contribution in [0.15, 0.2) is 6.07 Å². The summed E-state index contributed by atoms with van der Waals surface area (Å²) in [6, 6.07) is 0.893. The van der Waals surface area contributed by atoms with Crippen LogP contribution in [-0.4, -0.2) is 40.4 Å². The lowest BCUT2D eigenvalue weighted by molar-refractivity contribution is 0.0748. The van der Waals surface area contributed by atoms with Gasteiger partial charge in [0.2, 0.25) is 0 Å². The standard InChI is InChI=1S/C12H14ClNO4/c1-6(2)14(3)12(18)10-7(5-15)8(13)4-9(16)11(10)17/h4-6,16-17H,1-3H3. The van der Waals surface area contributed by atoms with Gasteiger partial charge in [-0.05, 0) is 13.8 Å². The predicted octanol–water partition coefficient (Wildman–Crippen LogP) is 2.04. The van der Waals surface area contributed by atoms with Gasteiger partial charge in [-0.1, -0.05) is 11.6 Å². The van der Waals surface area contributed by atoms with E-state index in [0.29, 0.717) is 6.29 Å². The summed E-state index contributed by atoms with van der Waals surface area (Å²) in [7, 11) is 1.53. The number of aromatic hydroxyl groups is 2. The fourth-order valence-corrected chi connectivity index (χ4v) is 1.63. The van der Waals surface area contributed by atoms with Crippen LogP contribution >= 0.6 is 11.6 Å². The van der Waals surface area contributed by atoms with E-state index in [9.17, 15) is 19.8 Å². The van der Waals surface area contributed by atoms with Gasteiger partial charge in [-0.3, -0.25) is 9.59 Å². The van der Waals surface area contributed by atoms with E-state index in [2.05, 4.69) is 0 Å². The normalized spacial score (nSPS) is 10.5. The molecule has 0 spiro atoms. The van der Waals surface area contributed by atoms with E-state index in [1.807, 2.05) is 0 Å². The molecule has 2 N–H and O–H groups in total. The van der Waals surface area contributed by atoms with Crippen molar-refractivity contribution < 1.29 is 19.8 Å². The number of rotatable bonds is 3. The Kier molecular flexibility index (Phi) is 4.19. The van der Waals surface area contributed by atoms with E-state index in [-0.39, 0.29) is 22.2 Å². The minimum absolute atomic E-state index is 0.0826. The molecule has 0 aliphatic rings. The quantitative estimate of drug-likeness (QED) is 0.651.